The first-order chi connectivity index (χ1) is 16.2. The summed E-state index contributed by atoms with van der Waals surface area (Å²) in [5, 5.41) is 24.0. The quantitative estimate of drug-likeness (QED) is 0.556. The highest BCUT2D eigenvalue weighted by Crippen LogP contribution is 2.51. The second kappa shape index (κ2) is 8.37. The molecule has 2 aliphatic heterocycles. The number of nitrogens with two attached hydrogens (primary N) is 1. The van der Waals surface area contributed by atoms with Gasteiger partial charge in [0.2, 0.25) is 0 Å². The van der Waals surface area contributed by atoms with Crippen LogP contribution in [0.4, 0.5) is 5.82 Å². The number of aromatic nitrogens is 3. The van der Waals surface area contributed by atoms with Crippen LogP contribution in [0.3, 0.4) is 0 Å². The molecule has 4 atom stereocenters. The molecule has 7 rings (SSSR count). The number of nitriles is 1. The number of pyridine rings is 2. The Labute approximate surface area is 211 Å². The zero-order valence-corrected chi connectivity index (χ0v) is 20.8. The molecule has 35 heavy (non-hydrogen) atoms. The Morgan fingerprint density at radius 3 is 2.57 bits per heavy atom. The van der Waals surface area contributed by atoms with Crippen molar-refractivity contribution in [3.05, 3.63) is 42.4 Å². The molecule has 4 aliphatic rings. The van der Waals surface area contributed by atoms with Gasteiger partial charge in [0.15, 0.2) is 0 Å². The van der Waals surface area contributed by atoms with E-state index >= 15 is 0 Å². The van der Waals surface area contributed by atoms with Gasteiger partial charge in [-0.3, -0.25) is 0 Å². The van der Waals surface area contributed by atoms with Gasteiger partial charge in [-0.1, -0.05) is 0 Å². The van der Waals surface area contributed by atoms with E-state index in [1.165, 1.54) is 19.3 Å². The topological polar surface area (TPSA) is 113 Å². The third-order valence-electron chi connectivity index (χ3n) is 7.60. The number of aliphatic hydroxyl groups is 1. The second-order valence-corrected chi connectivity index (χ2v) is 11.1. The van der Waals surface area contributed by atoms with Crippen LogP contribution in [0.1, 0.15) is 51.5 Å². The summed E-state index contributed by atoms with van der Waals surface area (Å²) in [6.07, 6.45) is 10.9. The van der Waals surface area contributed by atoms with Crippen molar-refractivity contribution >= 4 is 23.7 Å². The van der Waals surface area contributed by atoms with E-state index in [-0.39, 0.29) is 24.6 Å². The molecule has 0 aromatic carbocycles. The normalized spacial score (nSPS) is 27.1. The lowest BCUT2D eigenvalue weighted by atomic mass is 9.60. The Morgan fingerprint density at radius 1 is 1.23 bits per heavy atom. The average molecular weight is 495 g/mol. The lowest BCUT2D eigenvalue weighted by Crippen LogP contribution is -2.67. The molecule has 3 aromatic heterocycles. The molecule has 2 aliphatic carbocycles. The number of fused-ring (bicyclic) bond motifs is 1. The molecule has 0 amide bonds. The zero-order chi connectivity index (χ0) is 23.7. The van der Waals surface area contributed by atoms with Crippen LogP contribution in [0.2, 0.25) is 0 Å². The number of anilines is 1. The van der Waals surface area contributed by atoms with Crippen LogP contribution in [-0.2, 0) is 0 Å². The van der Waals surface area contributed by atoms with Crippen molar-refractivity contribution in [2.45, 2.75) is 69.2 Å². The van der Waals surface area contributed by atoms with Gasteiger partial charge < -0.3 is 20.5 Å². The standard InChI is InChI=1S/C26H30N6O2.ClH/c1-25(2,33)15-34-21-7-22(24-18(11-27)13-30-31(24)14-21)17-3-4-23(29-12-17)32-19-5-16-6-20(32)10-26(28,8-16)9-19;/h3-4,7,12-14,16,19-20,33H,5-6,8-10,15,28H2,1-2H3;1H/t16?,19-,20+,26?;. The molecular weight excluding hydrogens is 464 g/mol. The molecule has 5 heterocycles. The first-order valence-electron chi connectivity index (χ1n) is 12.0. The van der Waals surface area contributed by atoms with Crippen molar-refractivity contribution in [2.75, 3.05) is 11.5 Å². The van der Waals surface area contributed by atoms with E-state index in [1.54, 1.807) is 30.8 Å². The van der Waals surface area contributed by atoms with Gasteiger partial charge in [0.1, 0.15) is 24.2 Å². The maximum absolute atomic E-state index is 10.1. The summed E-state index contributed by atoms with van der Waals surface area (Å²) >= 11 is 0. The van der Waals surface area contributed by atoms with Gasteiger partial charge in [-0.25, -0.2) is 9.50 Å². The Morgan fingerprint density at radius 2 is 1.97 bits per heavy atom. The van der Waals surface area contributed by atoms with E-state index in [9.17, 15) is 10.4 Å². The number of rotatable bonds is 5. The first-order valence-corrected chi connectivity index (χ1v) is 12.0. The molecular formula is C26H31ClN6O2. The van der Waals surface area contributed by atoms with E-state index in [4.69, 9.17) is 15.5 Å². The maximum Gasteiger partial charge on any atom is 0.138 e. The molecule has 2 saturated heterocycles. The van der Waals surface area contributed by atoms with Crippen molar-refractivity contribution in [3.8, 4) is 22.9 Å². The Bertz CT molecular complexity index is 1280. The van der Waals surface area contributed by atoms with Gasteiger partial charge in [-0.15, -0.1) is 12.4 Å². The Kier molecular flexibility index (Phi) is 5.71. The van der Waals surface area contributed by atoms with Gasteiger partial charge >= 0.3 is 0 Å². The van der Waals surface area contributed by atoms with Gasteiger partial charge in [-0.05, 0) is 70.1 Å². The maximum atomic E-state index is 10.1. The monoisotopic (exact) mass is 494 g/mol. The fourth-order valence-electron chi connectivity index (χ4n) is 6.49. The van der Waals surface area contributed by atoms with E-state index < -0.39 is 5.60 Å². The number of ether oxygens (including phenoxy) is 1. The van der Waals surface area contributed by atoms with Crippen LogP contribution in [0.5, 0.6) is 5.75 Å². The number of nitrogens with zero attached hydrogens (tertiary/aromatic N) is 5. The zero-order valence-electron chi connectivity index (χ0n) is 20.0. The summed E-state index contributed by atoms with van der Waals surface area (Å²) in [4.78, 5) is 7.38. The minimum atomic E-state index is -0.963. The lowest BCUT2D eigenvalue weighted by molar-refractivity contribution is 0.0283. The molecule has 9 heteroatoms. The fraction of sp³-hybridized carbons (Fsp3) is 0.500. The number of halogens is 1. The summed E-state index contributed by atoms with van der Waals surface area (Å²) in [6, 6.07) is 9.22. The first kappa shape index (κ1) is 23.9. The number of hydrogen-bond donors (Lipinski definition) is 2. The van der Waals surface area contributed by atoms with Gasteiger partial charge in [0.05, 0.1) is 29.1 Å². The molecule has 0 radical (unpaired) electrons. The van der Waals surface area contributed by atoms with Crippen LogP contribution >= 0.6 is 12.4 Å². The van der Waals surface area contributed by atoms with E-state index in [2.05, 4.69) is 28.2 Å². The van der Waals surface area contributed by atoms with Gasteiger partial charge in [0.25, 0.3) is 0 Å². The highest BCUT2D eigenvalue weighted by molar-refractivity contribution is 5.85. The minimum absolute atomic E-state index is 0. The summed E-state index contributed by atoms with van der Waals surface area (Å²) < 4.78 is 7.50. The molecule has 8 nitrogen and oxygen atoms in total. The van der Waals surface area contributed by atoms with Crippen molar-refractivity contribution in [1.29, 1.82) is 5.26 Å². The summed E-state index contributed by atoms with van der Waals surface area (Å²) in [5.74, 6) is 2.32. The average Bonchev–Trinajstić information content (AvgIpc) is 3.19. The van der Waals surface area contributed by atoms with Crippen molar-refractivity contribution in [3.63, 3.8) is 0 Å². The third kappa shape index (κ3) is 4.22. The number of hydrogen-bond acceptors (Lipinski definition) is 7. The van der Waals surface area contributed by atoms with Crippen molar-refractivity contribution < 1.29 is 9.84 Å². The molecule has 4 fully saturated rings. The minimum Gasteiger partial charge on any atom is -0.489 e. The van der Waals surface area contributed by atoms with E-state index in [1.807, 2.05) is 12.3 Å². The summed E-state index contributed by atoms with van der Waals surface area (Å²) in [7, 11) is 0. The highest BCUT2D eigenvalue weighted by Gasteiger charge is 2.53. The molecule has 0 spiro atoms. The molecule has 3 aromatic rings. The molecule has 3 N–H and O–H groups in total. The predicted octanol–water partition coefficient (Wildman–Crippen LogP) is 3.69. The van der Waals surface area contributed by atoms with Gasteiger partial charge in [0, 0.05) is 34.9 Å². The Balaban J connectivity index is 0.00000253. The van der Waals surface area contributed by atoms with Crippen LogP contribution in [0.15, 0.2) is 36.8 Å². The summed E-state index contributed by atoms with van der Waals surface area (Å²) in [5.41, 5.74) is 8.65. The van der Waals surface area contributed by atoms with Crippen LogP contribution in [-0.4, -0.2) is 49.5 Å². The van der Waals surface area contributed by atoms with E-state index in [0.29, 0.717) is 28.9 Å². The SMILES string of the molecule is CC(C)(O)COc1cc(-c2ccc(N3[C@@H]4CC5C[C@H]3CC(N)(C5)C4)nc2)c2c(C#N)cnn2c1.Cl. The van der Waals surface area contributed by atoms with Crippen molar-refractivity contribution in [1.82, 2.24) is 14.6 Å². The smallest absolute Gasteiger partial charge is 0.138 e. The Hall–Kier alpha value is -2.86. The molecule has 184 valence electrons. The highest BCUT2D eigenvalue weighted by atomic mass is 35.5. The third-order valence-corrected chi connectivity index (χ3v) is 7.60. The van der Waals surface area contributed by atoms with Gasteiger partial charge in [-0.2, -0.15) is 10.4 Å². The van der Waals surface area contributed by atoms with E-state index in [0.717, 1.165) is 35.7 Å². The molecule has 2 saturated carbocycles. The predicted molar refractivity (Wildman–Crippen MR) is 136 cm³/mol. The van der Waals surface area contributed by atoms with Crippen LogP contribution < -0.4 is 15.4 Å². The van der Waals surface area contributed by atoms with Crippen molar-refractivity contribution in [2.24, 2.45) is 11.7 Å². The fourth-order valence-corrected chi connectivity index (χ4v) is 6.49. The largest absolute Gasteiger partial charge is 0.489 e. The second-order valence-electron chi connectivity index (χ2n) is 11.1. The number of piperidine rings is 2. The van der Waals surface area contributed by atoms with Crippen LogP contribution in [0.25, 0.3) is 16.6 Å². The summed E-state index contributed by atoms with van der Waals surface area (Å²) in [6.45, 7) is 3.54. The van der Waals surface area contributed by atoms with Crippen LogP contribution in [0, 0.1) is 17.2 Å². The lowest BCUT2D eigenvalue weighted by Gasteiger charge is -2.60. The molecule has 4 bridgehead atoms. The molecule has 2 unspecified atom stereocenters.